The van der Waals surface area contributed by atoms with Gasteiger partial charge in [-0.05, 0) is 55.9 Å². The summed E-state index contributed by atoms with van der Waals surface area (Å²) in [6.45, 7) is 9.45. The maximum Gasteiger partial charge on any atom is 0.0598 e. The van der Waals surface area contributed by atoms with Crippen LogP contribution in [0.3, 0.4) is 0 Å². The quantitative estimate of drug-likeness (QED) is 0.880. The molecule has 18 heavy (non-hydrogen) atoms. The van der Waals surface area contributed by atoms with Gasteiger partial charge in [-0.15, -0.1) is 0 Å². The van der Waals surface area contributed by atoms with Crippen molar-refractivity contribution in [3.05, 3.63) is 34.4 Å². The molecule has 1 aliphatic heterocycles. The lowest BCUT2D eigenvalue weighted by atomic mass is 9.75. The number of hydrogen-bond acceptors (Lipinski definition) is 2. The summed E-state index contributed by atoms with van der Waals surface area (Å²) in [7, 11) is 0. The van der Waals surface area contributed by atoms with Gasteiger partial charge in [0.25, 0.3) is 0 Å². The van der Waals surface area contributed by atoms with Crippen molar-refractivity contribution in [1.82, 2.24) is 5.32 Å². The van der Waals surface area contributed by atoms with Gasteiger partial charge in [0.1, 0.15) is 0 Å². The molecule has 1 N–H and O–H groups in total. The van der Waals surface area contributed by atoms with Crippen molar-refractivity contribution in [1.29, 1.82) is 0 Å². The predicted octanol–water partition coefficient (Wildman–Crippen LogP) is 2.63. The van der Waals surface area contributed by atoms with Crippen LogP contribution in [0.1, 0.15) is 35.1 Å². The van der Waals surface area contributed by atoms with E-state index in [1.54, 1.807) is 0 Å². The molecule has 2 fully saturated rings. The third kappa shape index (κ3) is 2.08. The number of hydrogen-bond donors (Lipinski definition) is 1. The third-order valence-corrected chi connectivity index (χ3v) is 4.48. The molecule has 2 nitrogen and oxygen atoms in total. The van der Waals surface area contributed by atoms with Gasteiger partial charge in [0, 0.05) is 12.6 Å². The van der Waals surface area contributed by atoms with Crippen LogP contribution in [0.25, 0.3) is 0 Å². The highest BCUT2D eigenvalue weighted by molar-refractivity contribution is 5.42. The fourth-order valence-corrected chi connectivity index (χ4v) is 2.86. The van der Waals surface area contributed by atoms with E-state index in [0.29, 0.717) is 0 Å². The van der Waals surface area contributed by atoms with Gasteiger partial charge in [0.15, 0.2) is 0 Å². The molecular weight excluding hydrogens is 222 g/mol. The molecule has 3 rings (SSSR count). The average molecular weight is 245 g/mol. The lowest BCUT2D eigenvalue weighted by Crippen LogP contribution is -2.54. The van der Waals surface area contributed by atoms with Gasteiger partial charge in [-0.2, -0.15) is 0 Å². The molecule has 1 saturated carbocycles. The first-order valence-corrected chi connectivity index (χ1v) is 7.00. The Morgan fingerprint density at radius 1 is 1.11 bits per heavy atom. The van der Waals surface area contributed by atoms with Crippen LogP contribution in [0, 0.1) is 20.8 Å². The first-order valence-electron chi connectivity index (χ1n) is 7.00. The Morgan fingerprint density at radius 3 is 2.33 bits per heavy atom. The Balaban J connectivity index is 1.87. The van der Waals surface area contributed by atoms with Crippen molar-refractivity contribution in [2.24, 2.45) is 0 Å². The van der Waals surface area contributed by atoms with Crippen LogP contribution in [0.5, 0.6) is 0 Å². The van der Waals surface area contributed by atoms with Crippen molar-refractivity contribution in [3.8, 4) is 0 Å². The molecule has 1 aromatic carbocycles. The first-order chi connectivity index (χ1) is 8.61. The number of aryl methyl sites for hydroxylation is 3. The molecule has 0 unspecified atom stereocenters. The molecule has 1 aliphatic carbocycles. The molecule has 1 heterocycles. The van der Waals surface area contributed by atoms with Crippen molar-refractivity contribution in [2.45, 2.75) is 45.1 Å². The SMILES string of the molecule is Cc1cc(C)c(C2(CNC3CC3)COC2)cc1C. The molecule has 1 aromatic rings. The van der Waals surface area contributed by atoms with Crippen LogP contribution in [0.4, 0.5) is 0 Å². The average Bonchev–Trinajstić information content (AvgIpc) is 3.07. The van der Waals surface area contributed by atoms with Crippen LogP contribution < -0.4 is 5.32 Å². The molecule has 98 valence electrons. The Bertz CT molecular complexity index is 458. The number of benzene rings is 1. The largest absolute Gasteiger partial charge is 0.379 e. The van der Waals surface area contributed by atoms with Crippen molar-refractivity contribution >= 4 is 0 Å². The molecule has 1 saturated heterocycles. The third-order valence-electron chi connectivity index (χ3n) is 4.48. The standard InChI is InChI=1S/C16H23NO/c1-11-6-13(3)15(7-12(11)2)16(9-18-10-16)8-17-14-4-5-14/h6-7,14,17H,4-5,8-10H2,1-3H3. The van der Waals surface area contributed by atoms with E-state index in [-0.39, 0.29) is 5.41 Å². The van der Waals surface area contributed by atoms with Crippen LogP contribution in [-0.4, -0.2) is 25.8 Å². The molecule has 0 radical (unpaired) electrons. The fourth-order valence-electron chi connectivity index (χ4n) is 2.86. The zero-order chi connectivity index (χ0) is 12.8. The lowest BCUT2D eigenvalue weighted by Gasteiger charge is -2.43. The smallest absolute Gasteiger partial charge is 0.0598 e. The van der Waals surface area contributed by atoms with E-state index >= 15 is 0 Å². The summed E-state index contributed by atoms with van der Waals surface area (Å²) in [6, 6.07) is 5.47. The highest BCUT2D eigenvalue weighted by Gasteiger charge is 2.42. The lowest BCUT2D eigenvalue weighted by molar-refractivity contribution is -0.0594. The minimum Gasteiger partial charge on any atom is -0.379 e. The highest BCUT2D eigenvalue weighted by atomic mass is 16.5. The minimum atomic E-state index is 0.227. The van der Waals surface area contributed by atoms with E-state index in [2.05, 4.69) is 38.2 Å². The monoisotopic (exact) mass is 245 g/mol. The van der Waals surface area contributed by atoms with Crippen molar-refractivity contribution in [3.63, 3.8) is 0 Å². The van der Waals surface area contributed by atoms with E-state index in [1.807, 2.05) is 0 Å². The number of rotatable bonds is 4. The Morgan fingerprint density at radius 2 is 1.78 bits per heavy atom. The molecular formula is C16H23NO. The molecule has 0 amide bonds. The normalized spacial score (nSPS) is 21.7. The molecule has 0 spiro atoms. The van der Waals surface area contributed by atoms with Crippen molar-refractivity contribution in [2.75, 3.05) is 19.8 Å². The second-order valence-electron chi connectivity index (χ2n) is 6.18. The zero-order valence-corrected chi connectivity index (χ0v) is 11.7. The summed E-state index contributed by atoms with van der Waals surface area (Å²) in [5, 5.41) is 3.68. The summed E-state index contributed by atoms with van der Waals surface area (Å²) in [5.74, 6) is 0. The molecule has 0 bridgehead atoms. The van der Waals surface area contributed by atoms with E-state index in [9.17, 15) is 0 Å². The summed E-state index contributed by atoms with van der Waals surface area (Å²) in [4.78, 5) is 0. The second-order valence-corrected chi connectivity index (χ2v) is 6.18. The van der Waals surface area contributed by atoms with Gasteiger partial charge in [-0.1, -0.05) is 12.1 Å². The Hall–Kier alpha value is -0.860. The summed E-state index contributed by atoms with van der Waals surface area (Å²) < 4.78 is 5.53. The van der Waals surface area contributed by atoms with Gasteiger partial charge < -0.3 is 10.1 Å². The maximum atomic E-state index is 5.53. The van der Waals surface area contributed by atoms with Gasteiger partial charge in [0.2, 0.25) is 0 Å². The number of nitrogens with one attached hydrogen (secondary N) is 1. The maximum absolute atomic E-state index is 5.53. The Labute approximate surface area is 110 Å². The van der Waals surface area contributed by atoms with Gasteiger partial charge in [0.05, 0.1) is 18.6 Å². The van der Waals surface area contributed by atoms with Crippen LogP contribution in [0.2, 0.25) is 0 Å². The number of ether oxygens (including phenoxy) is 1. The summed E-state index contributed by atoms with van der Waals surface area (Å²) in [5.41, 5.74) is 5.92. The Kier molecular flexibility index (Phi) is 2.95. The van der Waals surface area contributed by atoms with Crippen molar-refractivity contribution < 1.29 is 4.74 Å². The fraction of sp³-hybridized carbons (Fsp3) is 0.625. The second kappa shape index (κ2) is 4.36. The van der Waals surface area contributed by atoms with E-state index in [1.165, 1.54) is 35.1 Å². The predicted molar refractivity (Wildman–Crippen MR) is 74.2 cm³/mol. The molecule has 2 heteroatoms. The topological polar surface area (TPSA) is 21.3 Å². The van der Waals surface area contributed by atoms with E-state index in [4.69, 9.17) is 4.74 Å². The summed E-state index contributed by atoms with van der Waals surface area (Å²) in [6.07, 6.45) is 2.70. The van der Waals surface area contributed by atoms with Crippen LogP contribution in [-0.2, 0) is 10.2 Å². The van der Waals surface area contributed by atoms with E-state index < -0.39 is 0 Å². The molecule has 0 aromatic heterocycles. The van der Waals surface area contributed by atoms with Crippen LogP contribution in [0.15, 0.2) is 12.1 Å². The van der Waals surface area contributed by atoms with E-state index in [0.717, 1.165) is 25.8 Å². The molecule has 0 atom stereocenters. The molecule has 2 aliphatic rings. The van der Waals surface area contributed by atoms with Gasteiger partial charge in [-0.3, -0.25) is 0 Å². The first kappa shape index (κ1) is 12.2. The summed E-state index contributed by atoms with van der Waals surface area (Å²) >= 11 is 0. The minimum absolute atomic E-state index is 0.227. The zero-order valence-electron chi connectivity index (χ0n) is 11.7. The van der Waals surface area contributed by atoms with Crippen LogP contribution >= 0.6 is 0 Å². The highest BCUT2D eigenvalue weighted by Crippen LogP contribution is 2.36. The van der Waals surface area contributed by atoms with Gasteiger partial charge in [-0.25, -0.2) is 0 Å². The van der Waals surface area contributed by atoms with Gasteiger partial charge >= 0.3 is 0 Å².